The number of rotatable bonds is 6. The zero-order chi connectivity index (χ0) is 15.2. The lowest BCUT2D eigenvalue weighted by atomic mass is 10.1. The predicted octanol–water partition coefficient (Wildman–Crippen LogP) is 2.88. The Morgan fingerprint density at radius 2 is 1.76 bits per heavy atom. The van der Waals surface area contributed by atoms with Gasteiger partial charge in [0.2, 0.25) is 0 Å². The molecule has 110 valence electrons. The smallest absolute Gasteiger partial charge is 0.103 e. The Balaban J connectivity index is 2.09. The molecule has 0 aliphatic heterocycles. The molecule has 2 rings (SSSR count). The minimum atomic E-state index is -0.550. The van der Waals surface area contributed by atoms with E-state index in [1.165, 1.54) is 0 Å². The third-order valence-electron chi connectivity index (χ3n) is 3.48. The van der Waals surface area contributed by atoms with Crippen molar-refractivity contribution in [3.05, 3.63) is 65.7 Å². The molecule has 21 heavy (non-hydrogen) atoms. The number of nitrogens with two attached hydrogens (primary N) is 1. The molecule has 3 nitrogen and oxygen atoms in total. The number of aliphatic hydroxyl groups is 1. The minimum Gasteiger partial charge on any atom is -0.389 e. The summed E-state index contributed by atoms with van der Waals surface area (Å²) in [6, 6.07) is 17.5. The first kappa shape index (κ1) is 15.5. The number of nitrogens with zero attached hydrogens (tertiary/aromatic N) is 1. The number of hydrogen-bond donors (Lipinski definition) is 2. The summed E-state index contributed by atoms with van der Waals surface area (Å²) in [5.41, 5.74) is 8.37. The van der Waals surface area contributed by atoms with Crippen LogP contribution in [0.15, 0.2) is 54.6 Å². The number of benzene rings is 2. The molecule has 0 amide bonds. The molecule has 0 heterocycles. The number of likely N-dealkylation sites (N-methyl/N-ethyl adjacent to an activating group) is 1. The number of thiocarbonyl (C=S) groups is 1. The van der Waals surface area contributed by atoms with Crippen LogP contribution in [-0.4, -0.2) is 23.2 Å². The summed E-state index contributed by atoms with van der Waals surface area (Å²) < 4.78 is 0. The van der Waals surface area contributed by atoms with Gasteiger partial charge in [-0.15, -0.1) is 0 Å². The van der Waals surface area contributed by atoms with Crippen molar-refractivity contribution in [1.82, 2.24) is 0 Å². The van der Waals surface area contributed by atoms with Crippen LogP contribution in [0.3, 0.4) is 0 Å². The molecule has 0 spiro atoms. The van der Waals surface area contributed by atoms with Gasteiger partial charge in [-0.3, -0.25) is 0 Å². The Kier molecular flexibility index (Phi) is 5.31. The van der Waals surface area contributed by atoms with Gasteiger partial charge >= 0.3 is 0 Å². The van der Waals surface area contributed by atoms with Crippen LogP contribution < -0.4 is 10.6 Å². The second-order valence-corrected chi connectivity index (χ2v) is 5.32. The van der Waals surface area contributed by atoms with Gasteiger partial charge in [-0.05, 0) is 24.6 Å². The first-order valence-electron chi connectivity index (χ1n) is 6.99. The van der Waals surface area contributed by atoms with Gasteiger partial charge in [-0.1, -0.05) is 54.7 Å². The van der Waals surface area contributed by atoms with Crippen molar-refractivity contribution >= 4 is 22.9 Å². The monoisotopic (exact) mass is 300 g/mol. The van der Waals surface area contributed by atoms with Gasteiger partial charge in [0.1, 0.15) is 4.99 Å². The molecule has 0 aliphatic carbocycles. The lowest BCUT2D eigenvalue weighted by molar-refractivity contribution is 0.183. The largest absolute Gasteiger partial charge is 0.389 e. The zero-order valence-corrected chi connectivity index (χ0v) is 12.9. The van der Waals surface area contributed by atoms with E-state index in [9.17, 15) is 5.11 Å². The maximum absolute atomic E-state index is 10.4. The fourth-order valence-corrected chi connectivity index (χ4v) is 2.38. The van der Waals surface area contributed by atoms with Crippen LogP contribution in [0.1, 0.15) is 24.2 Å². The fourth-order valence-electron chi connectivity index (χ4n) is 2.24. The van der Waals surface area contributed by atoms with Crippen LogP contribution in [-0.2, 0) is 0 Å². The summed E-state index contributed by atoms with van der Waals surface area (Å²) in [6.45, 7) is 3.47. The molecule has 0 radical (unpaired) electrons. The molecule has 1 atom stereocenters. The SMILES string of the molecule is CCN(CC(O)c1ccc(C(N)=S)cc1)c1ccccc1. The molecule has 0 bridgehead atoms. The molecule has 3 N–H and O–H groups in total. The van der Waals surface area contributed by atoms with E-state index in [0.717, 1.165) is 23.4 Å². The molecular formula is C17H20N2OS. The van der Waals surface area contributed by atoms with Crippen LogP contribution in [0.4, 0.5) is 5.69 Å². The van der Waals surface area contributed by atoms with Crippen LogP contribution in [0.25, 0.3) is 0 Å². The van der Waals surface area contributed by atoms with Crippen molar-refractivity contribution in [2.45, 2.75) is 13.0 Å². The molecule has 1 unspecified atom stereocenters. The molecule has 0 saturated carbocycles. The highest BCUT2D eigenvalue weighted by atomic mass is 32.1. The van der Waals surface area contributed by atoms with Crippen molar-refractivity contribution < 1.29 is 5.11 Å². The van der Waals surface area contributed by atoms with Gasteiger partial charge < -0.3 is 15.7 Å². The van der Waals surface area contributed by atoms with Gasteiger partial charge in [0.15, 0.2) is 0 Å². The van der Waals surface area contributed by atoms with Crippen LogP contribution in [0, 0.1) is 0 Å². The van der Waals surface area contributed by atoms with Crippen molar-refractivity contribution in [1.29, 1.82) is 0 Å². The molecule has 2 aromatic carbocycles. The lowest BCUT2D eigenvalue weighted by Crippen LogP contribution is -2.28. The van der Waals surface area contributed by atoms with Gasteiger partial charge in [-0.2, -0.15) is 0 Å². The summed E-state index contributed by atoms with van der Waals surface area (Å²) in [5.74, 6) is 0. The van der Waals surface area contributed by atoms with Gasteiger partial charge in [0, 0.05) is 24.3 Å². The Bertz CT molecular complexity index is 583. The first-order chi connectivity index (χ1) is 10.1. The summed E-state index contributed by atoms with van der Waals surface area (Å²) in [4.78, 5) is 2.52. The second-order valence-electron chi connectivity index (χ2n) is 4.88. The first-order valence-corrected chi connectivity index (χ1v) is 7.40. The zero-order valence-electron chi connectivity index (χ0n) is 12.1. The third-order valence-corrected chi connectivity index (χ3v) is 3.71. The van der Waals surface area contributed by atoms with Crippen molar-refractivity contribution in [2.24, 2.45) is 5.73 Å². The van der Waals surface area contributed by atoms with Gasteiger partial charge in [0.25, 0.3) is 0 Å². The highest BCUT2D eigenvalue weighted by Crippen LogP contribution is 2.20. The Morgan fingerprint density at radius 3 is 2.29 bits per heavy atom. The normalized spacial score (nSPS) is 11.9. The van der Waals surface area contributed by atoms with Crippen molar-refractivity contribution in [3.8, 4) is 0 Å². The molecule has 0 fully saturated rings. The van der Waals surface area contributed by atoms with Gasteiger partial charge in [0.05, 0.1) is 6.10 Å². The van der Waals surface area contributed by atoms with Gasteiger partial charge in [-0.25, -0.2) is 0 Å². The van der Waals surface area contributed by atoms with E-state index >= 15 is 0 Å². The molecule has 4 heteroatoms. The average Bonchev–Trinajstić information content (AvgIpc) is 2.53. The molecule has 0 saturated heterocycles. The Morgan fingerprint density at radius 1 is 1.14 bits per heavy atom. The molecule has 2 aromatic rings. The van der Waals surface area contributed by atoms with E-state index in [-0.39, 0.29) is 0 Å². The van der Waals surface area contributed by atoms with E-state index in [1.54, 1.807) is 0 Å². The Hall–Kier alpha value is -1.91. The third kappa shape index (κ3) is 4.03. The Labute approximate surface area is 131 Å². The highest BCUT2D eigenvalue weighted by molar-refractivity contribution is 7.80. The summed E-state index contributed by atoms with van der Waals surface area (Å²) in [7, 11) is 0. The molecule has 0 aliphatic rings. The summed E-state index contributed by atoms with van der Waals surface area (Å²) >= 11 is 4.93. The quantitative estimate of drug-likeness (QED) is 0.805. The van der Waals surface area contributed by atoms with E-state index in [2.05, 4.69) is 11.8 Å². The lowest BCUT2D eigenvalue weighted by Gasteiger charge is -2.26. The molecular weight excluding hydrogens is 280 g/mol. The van der Waals surface area contributed by atoms with E-state index in [0.29, 0.717) is 11.5 Å². The van der Waals surface area contributed by atoms with Crippen molar-refractivity contribution in [2.75, 3.05) is 18.0 Å². The van der Waals surface area contributed by atoms with E-state index in [1.807, 2.05) is 54.6 Å². The standard InChI is InChI=1S/C17H20N2OS/c1-2-19(15-6-4-3-5-7-15)12-16(20)13-8-10-14(11-9-13)17(18)21/h3-11,16,20H,2,12H2,1H3,(H2,18,21). The average molecular weight is 300 g/mol. The summed E-state index contributed by atoms with van der Waals surface area (Å²) in [5, 5.41) is 10.4. The van der Waals surface area contributed by atoms with Crippen LogP contribution in [0.5, 0.6) is 0 Å². The summed E-state index contributed by atoms with van der Waals surface area (Å²) in [6.07, 6.45) is -0.550. The minimum absolute atomic E-state index is 0.371. The second kappa shape index (κ2) is 7.20. The number of anilines is 1. The van der Waals surface area contributed by atoms with Crippen LogP contribution >= 0.6 is 12.2 Å². The van der Waals surface area contributed by atoms with Crippen LogP contribution in [0.2, 0.25) is 0 Å². The predicted molar refractivity (Wildman–Crippen MR) is 91.6 cm³/mol. The van der Waals surface area contributed by atoms with Crippen molar-refractivity contribution in [3.63, 3.8) is 0 Å². The fraction of sp³-hybridized carbons (Fsp3) is 0.235. The number of aliphatic hydroxyl groups excluding tert-OH is 1. The highest BCUT2D eigenvalue weighted by Gasteiger charge is 2.13. The molecule has 0 aromatic heterocycles. The van der Waals surface area contributed by atoms with E-state index in [4.69, 9.17) is 18.0 Å². The topological polar surface area (TPSA) is 49.5 Å². The number of para-hydroxylation sites is 1. The van der Waals surface area contributed by atoms with E-state index < -0.39 is 6.10 Å². The maximum atomic E-state index is 10.4. The number of hydrogen-bond acceptors (Lipinski definition) is 3. The maximum Gasteiger partial charge on any atom is 0.103 e.